The summed E-state index contributed by atoms with van der Waals surface area (Å²) in [4.78, 5) is 35.7. The maximum atomic E-state index is 12.9. The lowest BCUT2D eigenvalue weighted by Crippen LogP contribution is -2.27. The van der Waals surface area contributed by atoms with E-state index in [0.29, 0.717) is 45.5 Å². The molecule has 0 spiro atoms. The van der Waals surface area contributed by atoms with Crippen molar-refractivity contribution >= 4 is 22.9 Å². The average Bonchev–Trinajstić information content (AvgIpc) is 3.70. The standard InChI is InChI=1S/C30H26N10O/c1-17-5-6-19(15-33-17)30(41)37-23-10-7-18-14-20(8-9-21(18)23)40-28(22-4-3-13-32-26(22)31)36-25-12-11-24(35-29(25)40)27-34-16-39(2)38-27/h3-6,8-9,11-16,23H,7,10H2,1-2H3,(H2,31,32)(H,37,41)/t23-/m0/s1. The van der Waals surface area contributed by atoms with Gasteiger partial charge in [-0.05, 0) is 79.4 Å². The number of carbonyl (C=O) groups is 1. The van der Waals surface area contributed by atoms with E-state index in [2.05, 4.69) is 37.5 Å². The summed E-state index contributed by atoms with van der Waals surface area (Å²) in [6, 6.07) is 17.3. The molecular formula is C30H26N10O. The summed E-state index contributed by atoms with van der Waals surface area (Å²) in [5.41, 5.74) is 13.6. The maximum Gasteiger partial charge on any atom is 0.253 e. The van der Waals surface area contributed by atoms with Crippen LogP contribution in [0.4, 0.5) is 5.82 Å². The Morgan fingerprint density at radius 1 is 1.05 bits per heavy atom. The van der Waals surface area contributed by atoms with Crippen LogP contribution in [0.1, 0.15) is 39.6 Å². The zero-order valence-electron chi connectivity index (χ0n) is 22.5. The Hall–Kier alpha value is -5.45. The number of amides is 1. The van der Waals surface area contributed by atoms with E-state index in [1.807, 2.05) is 54.9 Å². The van der Waals surface area contributed by atoms with Crippen molar-refractivity contribution in [1.82, 2.24) is 44.6 Å². The number of carbonyl (C=O) groups excluding carboxylic acids is 1. The number of nitrogens with two attached hydrogens (primary N) is 1. The van der Waals surface area contributed by atoms with Crippen LogP contribution in [0.15, 0.2) is 73.3 Å². The molecule has 1 atom stereocenters. The lowest BCUT2D eigenvalue weighted by molar-refractivity contribution is 0.0936. The van der Waals surface area contributed by atoms with Gasteiger partial charge in [-0.1, -0.05) is 6.07 Å². The number of anilines is 1. The summed E-state index contributed by atoms with van der Waals surface area (Å²) in [6.45, 7) is 1.90. The highest BCUT2D eigenvalue weighted by Crippen LogP contribution is 2.36. The van der Waals surface area contributed by atoms with Crippen LogP contribution in [0.5, 0.6) is 0 Å². The van der Waals surface area contributed by atoms with Gasteiger partial charge in [0.25, 0.3) is 5.91 Å². The number of pyridine rings is 3. The fourth-order valence-electron chi connectivity index (χ4n) is 5.31. The van der Waals surface area contributed by atoms with Gasteiger partial charge in [0.15, 0.2) is 17.3 Å². The maximum absolute atomic E-state index is 12.9. The molecule has 11 nitrogen and oxygen atoms in total. The molecule has 5 heterocycles. The lowest BCUT2D eigenvalue weighted by Gasteiger charge is -2.16. The van der Waals surface area contributed by atoms with E-state index in [0.717, 1.165) is 35.3 Å². The Bertz CT molecular complexity index is 1940. The first kappa shape index (κ1) is 24.6. The van der Waals surface area contributed by atoms with Crippen molar-refractivity contribution in [2.75, 3.05) is 5.73 Å². The zero-order valence-corrected chi connectivity index (χ0v) is 22.5. The minimum atomic E-state index is -0.130. The number of nitrogens with zero attached hydrogens (tertiary/aromatic N) is 8. The highest BCUT2D eigenvalue weighted by atomic mass is 16.1. The molecule has 1 aliphatic carbocycles. The Morgan fingerprint density at radius 3 is 2.73 bits per heavy atom. The van der Waals surface area contributed by atoms with Crippen LogP contribution in [0, 0.1) is 6.92 Å². The number of aromatic nitrogens is 8. The van der Waals surface area contributed by atoms with Crippen molar-refractivity contribution < 1.29 is 4.79 Å². The summed E-state index contributed by atoms with van der Waals surface area (Å²) in [5.74, 6) is 1.42. The first-order chi connectivity index (χ1) is 19.9. The summed E-state index contributed by atoms with van der Waals surface area (Å²) in [7, 11) is 1.82. The number of aryl methyl sites for hydroxylation is 3. The van der Waals surface area contributed by atoms with Gasteiger partial charge in [-0.15, -0.1) is 5.10 Å². The second-order valence-electron chi connectivity index (χ2n) is 10.1. The number of benzene rings is 1. The minimum Gasteiger partial charge on any atom is -0.383 e. The van der Waals surface area contributed by atoms with Gasteiger partial charge in [0.05, 0.1) is 17.2 Å². The minimum absolute atomic E-state index is 0.0826. The van der Waals surface area contributed by atoms with E-state index >= 15 is 0 Å². The topological polar surface area (TPSA) is 142 Å². The van der Waals surface area contributed by atoms with Crippen LogP contribution in [-0.2, 0) is 13.5 Å². The summed E-state index contributed by atoms with van der Waals surface area (Å²) in [5, 5.41) is 7.60. The van der Waals surface area contributed by atoms with Crippen LogP contribution in [0.2, 0.25) is 0 Å². The van der Waals surface area contributed by atoms with Crippen LogP contribution in [0.25, 0.3) is 39.8 Å². The van der Waals surface area contributed by atoms with E-state index in [1.165, 1.54) is 0 Å². The molecule has 1 amide bonds. The molecule has 5 aromatic heterocycles. The molecule has 0 saturated carbocycles. The van der Waals surface area contributed by atoms with E-state index < -0.39 is 0 Å². The lowest BCUT2D eigenvalue weighted by atomic mass is 10.1. The number of nitrogens with one attached hydrogen (secondary N) is 1. The van der Waals surface area contributed by atoms with Crippen molar-refractivity contribution in [3.05, 3.63) is 95.7 Å². The van der Waals surface area contributed by atoms with Crippen LogP contribution in [0.3, 0.4) is 0 Å². The quantitative estimate of drug-likeness (QED) is 0.333. The Balaban J connectivity index is 1.31. The summed E-state index contributed by atoms with van der Waals surface area (Å²) in [6.07, 6.45) is 6.55. The molecule has 41 heavy (non-hydrogen) atoms. The van der Waals surface area contributed by atoms with E-state index in [1.54, 1.807) is 29.5 Å². The number of imidazole rings is 1. The molecule has 202 valence electrons. The molecule has 0 bridgehead atoms. The van der Waals surface area contributed by atoms with Gasteiger partial charge in [0.2, 0.25) is 0 Å². The normalized spacial score (nSPS) is 14.3. The predicted molar refractivity (Wildman–Crippen MR) is 154 cm³/mol. The first-order valence-electron chi connectivity index (χ1n) is 13.3. The monoisotopic (exact) mass is 542 g/mol. The molecule has 7 rings (SSSR count). The highest BCUT2D eigenvalue weighted by Gasteiger charge is 2.26. The van der Waals surface area contributed by atoms with Gasteiger partial charge >= 0.3 is 0 Å². The van der Waals surface area contributed by atoms with Gasteiger partial charge in [-0.25, -0.2) is 19.9 Å². The van der Waals surface area contributed by atoms with Crippen LogP contribution in [-0.4, -0.2) is 45.2 Å². The Morgan fingerprint density at radius 2 is 1.95 bits per heavy atom. The first-order valence-corrected chi connectivity index (χ1v) is 13.3. The molecule has 0 fully saturated rings. The van der Waals surface area contributed by atoms with Crippen LogP contribution < -0.4 is 11.1 Å². The van der Waals surface area contributed by atoms with Gasteiger partial charge in [-0.3, -0.25) is 19.0 Å². The van der Waals surface area contributed by atoms with Crippen molar-refractivity contribution in [2.24, 2.45) is 7.05 Å². The second kappa shape index (κ2) is 9.63. The van der Waals surface area contributed by atoms with Gasteiger partial charge in [0.1, 0.15) is 23.4 Å². The van der Waals surface area contributed by atoms with Crippen molar-refractivity contribution in [2.45, 2.75) is 25.8 Å². The fourth-order valence-corrected chi connectivity index (χ4v) is 5.31. The largest absolute Gasteiger partial charge is 0.383 e. The third-order valence-corrected chi connectivity index (χ3v) is 7.35. The van der Waals surface area contributed by atoms with Crippen molar-refractivity contribution in [3.63, 3.8) is 0 Å². The third kappa shape index (κ3) is 4.37. The summed E-state index contributed by atoms with van der Waals surface area (Å²) < 4.78 is 3.64. The number of rotatable bonds is 5. The Labute approximate surface area is 235 Å². The van der Waals surface area contributed by atoms with E-state index in [4.69, 9.17) is 15.7 Å². The van der Waals surface area contributed by atoms with Crippen molar-refractivity contribution in [1.29, 1.82) is 0 Å². The smallest absolute Gasteiger partial charge is 0.253 e. The molecule has 0 radical (unpaired) electrons. The molecule has 6 aromatic rings. The van der Waals surface area contributed by atoms with E-state index in [-0.39, 0.29) is 11.9 Å². The molecule has 1 aromatic carbocycles. The molecule has 0 unspecified atom stereocenters. The highest BCUT2D eigenvalue weighted by molar-refractivity contribution is 5.94. The number of fused-ring (bicyclic) bond motifs is 2. The predicted octanol–water partition coefficient (Wildman–Crippen LogP) is 3.98. The summed E-state index contributed by atoms with van der Waals surface area (Å²) >= 11 is 0. The molecule has 0 aliphatic heterocycles. The molecule has 1 aliphatic rings. The van der Waals surface area contributed by atoms with Crippen LogP contribution >= 0.6 is 0 Å². The van der Waals surface area contributed by atoms with E-state index in [9.17, 15) is 4.79 Å². The third-order valence-electron chi connectivity index (χ3n) is 7.35. The average molecular weight is 543 g/mol. The number of hydrogen-bond acceptors (Lipinski definition) is 8. The molecule has 3 N–H and O–H groups in total. The fraction of sp³-hybridized carbons (Fsp3) is 0.167. The molecular weight excluding hydrogens is 516 g/mol. The van der Waals surface area contributed by atoms with Gasteiger partial charge < -0.3 is 11.1 Å². The number of hydrogen-bond donors (Lipinski definition) is 2. The van der Waals surface area contributed by atoms with Gasteiger partial charge in [-0.2, -0.15) is 0 Å². The molecule has 11 heteroatoms. The Kier molecular flexibility index (Phi) is 5.77. The van der Waals surface area contributed by atoms with Crippen molar-refractivity contribution in [3.8, 4) is 28.6 Å². The number of nitrogen functional groups attached to an aromatic ring is 1. The van der Waals surface area contributed by atoms with Gasteiger partial charge in [0, 0.05) is 30.8 Å². The molecule has 0 saturated heterocycles. The SMILES string of the molecule is Cc1ccc(C(=O)N[C@H]2CCc3cc(-n4c(-c5cccnc5N)nc5ccc(-c6ncn(C)n6)nc54)ccc32)cn1. The zero-order chi connectivity index (χ0) is 28.1. The second-order valence-corrected chi connectivity index (χ2v) is 10.1.